The monoisotopic (exact) mass is 232 g/mol. The molecular formula is C15H24N2. The fraction of sp³-hybridized carbons (Fsp3) is 0.600. The zero-order valence-electron chi connectivity index (χ0n) is 11.0. The summed E-state index contributed by atoms with van der Waals surface area (Å²) >= 11 is 0. The predicted octanol–water partition coefficient (Wildman–Crippen LogP) is 2.81. The van der Waals surface area contributed by atoms with Gasteiger partial charge in [-0.2, -0.15) is 0 Å². The number of hydrogen-bond donors (Lipinski definition) is 1. The predicted molar refractivity (Wildman–Crippen MR) is 72.8 cm³/mol. The second-order valence-electron chi connectivity index (χ2n) is 5.60. The van der Waals surface area contributed by atoms with Crippen molar-refractivity contribution in [3.8, 4) is 0 Å². The molecule has 17 heavy (non-hydrogen) atoms. The Bertz CT molecular complexity index is 334. The largest absolute Gasteiger partial charge is 0.328 e. The normalized spacial score (nSPS) is 26.4. The van der Waals surface area contributed by atoms with E-state index in [-0.39, 0.29) is 0 Å². The van der Waals surface area contributed by atoms with Gasteiger partial charge >= 0.3 is 0 Å². The number of likely N-dealkylation sites (tertiary alicyclic amines) is 1. The Kier molecular flexibility index (Phi) is 4.19. The third kappa shape index (κ3) is 3.30. The summed E-state index contributed by atoms with van der Waals surface area (Å²) in [6, 6.07) is 11.7. The Balaban J connectivity index is 2.14. The van der Waals surface area contributed by atoms with Crippen LogP contribution >= 0.6 is 0 Å². The summed E-state index contributed by atoms with van der Waals surface area (Å²) in [4.78, 5) is 2.60. The number of nitrogens with two attached hydrogens (primary N) is 1. The van der Waals surface area contributed by atoms with Gasteiger partial charge in [0.15, 0.2) is 0 Å². The topological polar surface area (TPSA) is 29.3 Å². The van der Waals surface area contributed by atoms with Crippen molar-refractivity contribution in [3.63, 3.8) is 0 Å². The van der Waals surface area contributed by atoms with E-state index >= 15 is 0 Å². The first-order chi connectivity index (χ1) is 8.16. The highest BCUT2D eigenvalue weighted by Gasteiger charge is 2.27. The van der Waals surface area contributed by atoms with Crippen LogP contribution in [0, 0.1) is 5.92 Å². The van der Waals surface area contributed by atoms with Crippen LogP contribution in [0.5, 0.6) is 0 Å². The molecule has 0 amide bonds. The van der Waals surface area contributed by atoms with Gasteiger partial charge in [0.25, 0.3) is 0 Å². The lowest BCUT2D eigenvalue weighted by Crippen LogP contribution is -2.43. The lowest BCUT2D eigenvalue weighted by atomic mass is 9.91. The van der Waals surface area contributed by atoms with E-state index in [1.54, 1.807) is 0 Å². The summed E-state index contributed by atoms with van der Waals surface area (Å²) in [7, 11) is 0. The summed E-state index contributed by atoms with van der Waals surface area (Å²) in [5.41, 5.74) is 7.55. The van der Waals surface area contributed by atoms with Gasteiger partial charge in [-0.05, 0) is 24.3 Å². The summed E-state index contributed by atoms with van der Waals surface area (Å²) in [5, 5.41) is 0. The molecule has 0 bridgehead atoms. The summed E-state index contributed by atoms with van der Waals surface area (Å²) in [5.74, 6) is 0.718. The molecule has 1 aromatic rings. The Hall–Kier alpha value is -0.860. The Labute approximate surface area is 105 Å². The highest BCUT2D eigenvalue weighted by atomic mass is 15.2. The first-order valence-electron chi connectivity index (χ1n) is 6.71. The van der Waals surface area contributed by atoms with Crippen molar-refractivity contribution in [2.24, 2.45) is 11.7 Å². The molecule has 2 rings (SSSR count). The van der Waals surface area contributed by atoms with Gasteiger partial charge < -0.3 is 5.73 Å². The van der Waals surface area contributed by atoms with Gasteiger partial charge in [0.2, 0.25) is 0 Å². The Morgan fingerprint density at radius 2 is 2.00 bits per heavy atom. The van der Waals surface area contributed by atoms with Crippen molar-refractivity contribution in [1.82, 2.24) is 4.90 Å². The van der Waals surface area contributed by atoms with Gasteiger partial charge in [-0.1, -0.05) is 44.2 Å². The minimum absolute atomic E-state index is 0.364. The molecule has 1 aliphatic heterocycles. The van der Waals surface area contributed by atoms with Crippen molar-refractivity contribution in [2.75, 3.05) is 13.1 Å². The average molecular weight is 232 g/mol. The quantitative estimate of drug-likeness (QED) is 0.868. The molecule has 1 heterocycles. The molecule has 0 aliphatic carbocycles. The van der Waals surface area contributed by atoms with E-state index in [0.29, 0.717) is 12.1 Å². The molecule has 2 unspecified atom stereocenters. The minimum atomic E-state index is 0.364. The highest BCUT2D eigenvalue weighted by molar-refractivity contribution is 5.20. The van der Waals surface area contributed by atoms with Crippen LogP contribution in [0.15, 0.2) is 30.3 Å². The lowest BCUT2D eigenvalue weighted by molar-refractivity contribution is 0.121. The minimum Gasteiger partial charge on any atom is -0.328 e. The van der Waals surface area contributed by atoms with Gasteiger partial charge in [0.1, 0.15) is 0 Å². The number of benzene rings is 1. The van der Waals surface area contributed by atoms with Gasteiger partial charge in [-0.15, -0.1) is 0 Å². The first-order valence-corrected chi connectivity index (χ1v) is 6.71. The average Bonchev–Trinajstić information content (AvgIpc) is 2.32. The van der Waals surface area contributed by atoms with Gasteiger partial charge in [0.05, 0.1) is 0 Å². The molecule has 2 nitrogen and oxygen atoms in total. The van der Waals surface area contributed by atoms with Crippen LogP contribution in [0.4, 0.5) is 0 Å². The Morgan fingerprint density at radius 1 is 1.29 bits per heavy atom. The SMILES string of the molecule is CC(C)CN1CCC(N)CC1c1ccccc1. The molecule has 1 fully saturated rings. The molecule has 1 saturated heterocycles. The maximum absolute atomic E-state index is 6.13. The third-order valence-electron chi connectivity index (χ3n) is 3.54. The number of nitrogens with zero attached hydrogens (tertiary/aromatic N) is 1. The number of hydrogen-bond acceptors (Lipinski definition) is 2. The number of piperidine rings is 1. The molecule has 94 valence electrons. The van der Waals surface area contributed by atoms with Gasteiger partial charge in [-0.25, -0.2) is 0 Å². The lowest BCUT2D eigenvalue weighted by Gasteiger charge is -2.39. The van der Waals surface area contributed by atoms with Gasteiger partial charge in [-0.3, -0.25) is 4.90 Å². The van der Waals surface area contributed by atoms with E-state index < -0.39 is 0 Å². The molecule has 2 atom stereocenters. The standard InChI is InChI=1S/C15H24N2/c1-12(2)11-17-9-8-14(16)10-15(17)13-6-4-3-5-7-13/h3-7,12,14-15H,8-11,16H2,1-2H3. The molecule has 0 spiro atoms. The van der Waals surface area contributed by atoms with Crippen molar-refractivity contribution < 1.29 is 0 Å². The summed E-state index contributed by atoms with van der Waals surface area (Å²) < 4.78 is 0. The second-order valence-corrected chi connectivity index (χ2v) is 5.60. The highest BCUT2D eigenvalue weighted by Crippen LogP contribution is 2.30. The van der Waals surface area contributed by atoms with E-state index in [1.165, 1.54) is 12.1 Å². The summed E-state index contributed by atoms with van der Waals surface area (Å²) in [6.45, 7) is 6.89. The molecule has 2 N–H and O–H groups in total. The zero-order valence-corrected chi connectivity index (χ0v) is 11.0. The van der Waals surface area contributed by atoms with Gasteiger partial charge in [0, 0.05) is 25.2 Å². The molecule has 0 aromatic heterocycles. The smallest absolute Gasteiger partial charge is 0.0362 e. The second kappa shape index (κ2) is 5.65. The first kappa shape index (κ1) is 12.6. The number of rotatable bonds is 3. The van der Waals surface area contributed by atoms with Crippen LogP contribution in [0.3, 0.4) is 0 Å². The molecule has 1 aliphatic rings. The van der Waals surface area contributed by atoms with Crippen molar-refractivity contribution in [3.05, 3.63) is 35.9 Å². The van der Waals surface area contributed by atoms with E-state index in [1.807, 2.05) is 0 Å². The zero-order chi connectivity index (χ0) is 12.3. The maximum atomic E-state index is 6.13. The van der Waals surface area contributed by atoms with Crippen molar-refractivity contribution >= 4 is 0 Å². The summed E-state index contributed by atoms with van der Waals surface area (Å²) in [6.07, 6.45) is 2.23. The van der Waals surface area contributed by atoms with E-state index in [9.17, 15) is 0 Å². The molecular weight excluding hydrogens is 208 g/mol. The van der Waals surface area contributed by atoms with E-state index in [2.05, 4.69) is 49.1 Å². The van der Waals surface area contributed by atoms with Crippen LogP contribution in [-0.2, 0) is 0 Å². The molecule has 1 aromatic carbocycles. The van der Waals surface area contributed by atoms with E-state index in [0.717, 1.165) is 25.3 Å². The van der Waals surface area contributed by atoms with Crippen LogP contribution in [0.25, 0.3) is 0 Å². The Morgan fingerprint density at radius 3 is 2.65 bits per heavy atom. The van der Waals surface area contributed by atoms with Crippen molar-refractivity contribution in [2.45, 2.75) is 38.8 Å². The molecule has 0 saturated carbocycles. The third-order valence-corrected chi connectivity index (χ3v) is 3.54. The van der Waals surface area contributed by atoms with E-state index in [4.69, 9.17) is 5.73 Å². The van der Waals surface area contributed by atoms with Crippen molar-refractivity contribution in [1.29, 1.82) is 0 Å². The fourth-order valence-corrected chi connectivity index (χ4v) is 2.75. The van der Waals surface area contributed by atoms with Crippen LogP contribution in [-0.4, -0.2) is 24.0 Å². The molecule has 2 heteroatoms. The fourth-order valence-electron chi connectivity index (χ4n) is 2.75. The molecule has 0 radical (unpaired) electrons. The van der Waals surface area contributed by atoms with Crippen LogP contribution in [0.1, 0.15) is 38.3 Å². The van der Waals surface area contributed by atoms with Crippen LogP contribution < -0.4 is 5.73 Å². The maximum Gasteiger partial charge on any atom is 0.0362 e. The van der Waals surface area contributed by atoms with Crippen LogP contribution in [0.2, 0.25) is 0 Å².